The lowest BCUT2D eigenvalue weighted by Gasteiger charge is -2.10. The Labute approximate surface area is 176 Å². The predicted molar refractivity (Wildman–Crippen MR) is 123 cm³/mol. The Bertz CT molecular complexity index is 1330. The molecule has 156 valence electrons. The topological polar surface area (TPSA) is 50.8 Å². The van der Waals surface area contributed by atoms with E-state index >= 15 is 0 Å². The van der Waals surface area contributed by atoms with Crippen molar-refractivity contribution in [1.29, 1.82) is 0 Å². The molecule has 0 saturated carbocycles. The molecule has 2 aromatic heterocycles. The number of methoxy groups -OCH3 is 1. The van der Waals surface area contributed by atoms with Gasteiger partial charge in [-0.2, -0.15) is 0 Å². The SMILES string of the molecule is C=c1cc(C)cc2o/c(=C\c3cn(CCCN(C)C)c4ccc(OC)cc34)c(O)c12. The van der Waals surface area contributed by atoms with Crippen LogP contribution in [0.15, 0.2) is 40.9 Å². The van der Waals surface area contributed by atoms with E-state index in [1.54, 1.807) is 7.11 Å². The number of benzene rings is 2. The molecular weight excluding hydrogens is 376 g/mol. The summed E-state index contributed by atoms with van der Waals surface area (Å²) in [6.07, 6.45) is 5.05. The highest BCUT2D eigenvalue weighted by Gasteiger charge is 2.13. The van der Waals surface area contributed by atoms with Gasteiger partial charge in [-0.1, -0.05) is 12.6 Å². The number of aryl methyl sites for hydroxylation is 2. The highest BCUT2D eigenvalue weighted by molar-refractivity contribution is 5.92. The van der Waals surface area contributed by atoms with Crippen molar-refractivity contribution in [2.24, 2.45) is 0 Å². The first kappa shape index (κ1) is 20.1. The highest BCUT2D eigenvalue weighted by Crippen LogP contribution is 2.28. The van der Waals surface area contributed by atoms with Gasteiger partial charge in [-0.25, -0.2) is 0 Å². The van der Waals surface area contributed by atoms with Crippen LogP contribution in [-0.2, 0) is 6.54 Å². The monoisotopic (exact) mass is 404 g/mol. The maximum absolute atomic E-state index is 10.8. The molecule has 1 N–H and O–H groups in total. The van der Waals surface area contributed by atoms with Gasteiger partial charge in [0.1, 0.15) is 11.3 Å². The van der Waals surface area contributed by atoms with Gasteiger partial charge in [0.25, 0.3) is 0 Å². The van der Waals surface area contributed by atoms with Crippen LogP contribution >= 0.6 is 0 Å². The Morgan fingerprint density at radius 3 is 2.77 bits per heavy atom. The van der Waals surface area contributed by atoms with Crippen molar-refractivity contribution in [3.63, 3.8) is 0 Å². The Kier molecular flexibility index (Phi) is 5.31. The van der Waals surface area contributed by atoms with Crippen LogP contribution < -0.4 is 15.4 Å². The largest absolute Gasteiger partial charge is 0.504 e. The predicted octanol–water partition coefficient (Wildman–Crippen LogP) is 3.60. The van der Waals surface area contributed by atoms with E-state index in [0.717, 1.165) is 52.5 Å². The third-order valence-corrected chi connectivity index (χ3v) is 5.43. The van der Waals surface area contributed by atoms with Crippen molar-refractivity contribution in [2.75, 3.05) is 27.7 Å². The van der Waals surface area contributed by atoms with Crippen molar-refractivity contribution >= 4 is 34.5 Å². The number of fused-ring (bicyclic) bond motifs is 2. The molecule has 0 radical (unpaired) electrons. The molecule has 5 heteroatoms. The third kappa shape index (κ3) is 3.68. The minimum absolute atomic E-state index is 0.131. The van der Waals surface area contributed by atoms with Crippen molar-refractivity contribution in [1.82, 2.24) is 9.47 Å². The fourth-order valence-corrected chi connectivity index (χ4v) is 3.99. The molecule has 0 fully saturated rings. The van der Waals surface area contributed by atoms with E-state index in [1.807, 2.05) is 37.3 Å². The van der Waals surface area contributed by atoms with Crippen molar-refractivity contribution in [3.8, 4) is 11.5 Å². The highest BCUT2D eigenvalue weighted by atomic mass is 16.5. The smallest absolute Gasteiger partial charge is 0.170 e. The van der Waals surface area contributed by atoms with Crippen LogP contribution in [0.2, 0.25) is 0 Å². The second kappa shape index (κ2) is 7.92. The molecule has 4 aromatic rings. The van der Waals surface area contributed by atoms with Gasteiger partial charge in [0.15, 0.2) is 11.2 Å². The number of aromatic hydroxyl groups is 1. The Balaban J connectivity index is 1.88. The lowest BCUT2D eigenvalue weighted by atomic mass is 10.1. The molecule has 0 bridgehead atoms. The summed E-state index contributed by atoms with van der Waals surface area (Å²) >= 11 is 0. The molecule has 4 rings (SSSR count). The first-order chi connectivity index (χ1) is 14.4. The molecule has 0 unspecified atom stereocenters. The van der Waals surface area contributed by atoms with Gasteiger partial charge < -0.3 is 23.7 Å². The summed E-state index contributed by atoms with van der Waals surface area (Å²) < 4.78 is 13.7. The first-order valence-corrected chi connectivity index (χ1v) is 10.1. The number of aromatic nitrogens is 1. The van der Waals surface area contributed by atoms with Crippen LogP contribution in [0, 0.1) is 6.92 Å². The van der Waals surface area contributed by atoms with Crippen molar-refractivity contribution in [3.05, 3.63) is 58.3 Å². The van der Waals surface area contributed by atoms with Crippen LogP contribution in [0.3, 0.4) is 0 Å². The van der Waals surface area contributed by atoms with Gasteiger partial charge in [0.2, 0.25) is 0 Å². The van der Waals surface area contributed by atoms with E-state index in [9.17, 15) is 5.11 Å². The third-order valence-electron chi connectivity index (χ3n) is 5.43. The second-order valence-electron chi connectivity index (χ2n) is 8.07. The van der Waals surface area contributed by atoms with Gasteiger partial charge in [0.05, 0.1) is 12.5 Å². The summed E-state index contributed by atoms with van der Waals surface area (Å²) in [6.45, 7) is 7.97. The Hall–Kier alpha value is -3.18. The molecule has 0 amide bonds. The Morgan fingerprint density at radius 2 is 2.03 bits per heavy atom. The second-order valence-corrected chi connectivity index (χ2v) is 8.07. The van der Waals surface area contributed by atoms with Crippen LogP contribution in [-0.4, -0.2) is 42.3 Å². The molecule has 0 aliphatic carbocycles. The van der Waals surface area contributed by atoms with Gasteiger partial charge in [0, 0.05) is 29.2 Å². The number of furan rings is 1. The zero-order valence-corrected chi connectivity index (χ0v) is 18.0. The number of rotatable bonds is 6. The summed E-state index contributed by atoms with van der Waals surface area (Å²) in [4.78, 5) is 2.19. The molecule has 0 aliphatic rings. The van der Waals surface area contributed by atoms with Gasteiger partial charge in [-0.15, -0.1) is 0 Å². The fourth-order valence-electron chi connectivity index (χ4n) is 3.99. The quantitative estimate of drug-likeness (QED) is 0.534. The maximum Gasteiger partial charge on any atom is 0.170 e. The van der Waals surface area contributed by atoms with Gasteiger partial charge >= 0.3 is 0 Å². The summed E-state index contributed by atoms with van der Waals surface area (Å²) in [5, 5.41) is 13.3. The molecule has 0 spiro atoms. The normalized spacial score (nSPS) is 12.5. The fraction of sp³-hybridized carbons (Fsp3) is 0.280. The van der Waals surface area contributed by atoms with E-state index < -0.39 is 0 Å². The van der Waals surface area contributed by atoms with Crippen LogP contribution in [0.4, 0.5) is 0 Å². The van der Waals surface area contributed by atoms with E-state index in [2.05, 4.69) is 42.4 Å². The van der Waals surface area contributed by atoms with E-state index in [0.29, 0.717) is 16.4 Å². The molecule has 0 aliphatic heterocycles. The molecule has 2 heterocycles. The van der Waals surface area contributed by atoms with Crippen LogP contribution in [0.5, 0.6) is 11.5 Å². The number of hydrogen-bond acceptors (Lipinski definition) is 4. The summed E-state index contributed by atoms with van der Waals surface area (Å²) in [5.41, 5.74) is 4.25. The van der Waals surface area contributed by atoms with Crippen molar-refractivity contribution in [2.45, 2.75) is 19.9 Å². The standard InChI is InChI=1S/C25H28N2O3/c1-16-11-17(2)24-22(12-16)30-23(25(24)28)13-18-15-27(10-6-9-26(3)4)21-8-7-19(29-5)14-20(18)21/h7-8,11-15,28H,2,6,9-10H2,1,3-5H3/b23-13-. The molecule has 5 nitrogen and oxygen atoms in total. The minimum atomic E-state index is 0.131. The number of hydrogen-bond donors (Lipinski definition) is 1. The summed E-state index contributed by atoms with van der Waals surface area (Å²) in [5.74, 6) is 0.930. The minimum Gasteiger partial charge on any atom is -0.504 e. The van der Waals surface area contributed by atoms with Gasteiger partial charge in [-0.05, 0) is 75.1 Å². The van der Waals surface area contributed by atoms with Crippen molar-refractivity contribution < 1.29 is 14.3 Å². The summed E-state index contributed by atoms with van der Waals surface area (Å²) in [6, 6.07) is 9.96. The first-order valence-electron chi connectivity index (χ1n) is 10.1. The Morgan fingerprint density at radius 1 is 1.23 bits per heavy atom. The van der Waals surface area contributed by atoms with E-state index in [4.69, 9.17) is 9.15 Å². The van der Waals surface area contributed by atoms with E-state index in [-0.39, 0.29) is 5.75 Å². The molecule has 2 aromatic carbocycles. The van der Waals surface area contributed by atoms with Crippen LogP contribution in [0.25, 0.3) is 34.5 Å². The maximum atomic E-state index is 10.8. The van der Waals surface area contributed by atoms with E-state index in [1.165, 1.54) is 0 Å². The molecular formula is C25H28N2O3. The average molecular weight is 405 g/mol. The average Bonchev–Trinajstić information content (AvgIpc) is 3.19. The van der Waals surface area contributed by atoms with Crippen LogP contribution in [0.1, 0.15) is 17.5 Å². The molecule has 30 heavy (non-hydrogen) atoms. The zero-order chi connectivity index (χ0) is 21.4. The summed E-state index contributed by atoms with van der Waals surface area (Å²) in [7, 11) is 5.84. The number of nitrogens with zero attached hydrogens (tertiary/aromatic N) is 2. The van der Waals surface area contributed by atoms with Gasteiger partial charge in [-0.3, -0.25) is 0 Å². The lowest BCUT2D eigenvalue weighted by Crippen LogP contribution is -2.14. The zero-order valence-electron chi connectivity index (χ0n) is 18.0. The molecule has 0 saturated heterocycles. The lowest BCUT2D eigenvalue weighted by molar-refractivity contribution is 0.388. The number of ether oxygens (including phenoxy) is 1. The molecule has 0 atom stereocenters.